The highest BCUT2D eigenvalue weighted by molar-refractivity contribution is 5.32. The fourth-order valence-electron chi connectivity index (χ4n) is 1.63. The molecule has 1 aromatic heterocycles. The second-order valence-corrected chi connectivity index (χ2v) is 4.71. The van der Waals surface area contributed by atoms with Crippen molar-refractivity contribution in [1.82, 2.24) is 9.78 Å². The average Bonchev–Trinajstić information content (AvgIpc) is 2.78. The van der Waals surface area contributed by atoms with E-state index in [-0.39, 0.29) is 6.04 Å². The number of hydrogen-bond acceptors (Lipinski definition) is 3. The third-order valence-electron chi connectivity index (χ3n) is 2.75. The first kappa shape index (κ1) is 12.6. The summed E-state index contributed by atoms with van der Waals surface area (Å²) in [5.41, 5.74) is 6.90. The first-order valence-electron chi connectivity index (χ1n) is 6.14. The van der Waals surface area contributed by atoms with E-state index in [1.165, 1.54) is 0 Å². The molecule has 0 radical (unpaired) electrons. The van der Waals surface area contributed by atoms with Crippen LogP contribution in [-0.4, -0.2) is 9.78 Å². The van der Waals surface area contributed by atoms with Crippen molar-refractivity contribution in [3.63, 3.8) is 0 Å². The summed E-state index contributed by atoms with van der Waals surface area (Å²) < 4.78 is 7.59. The second kappa shape index (κ2) is 5.23. The average molecular weight is 245 g/mol. The molecule has 2 aromatic rings. The molecule has 0 fully saturated rings. The van der Waals surface area contributed by atoms with Gasteiger partial charge in [0.15, 0.2) is 5.75 Å². The molecule has 0 aliphatic rings. The number of benzene rings is 1. The van der Waals surface area contributed by atoms with E-state index in [2.05, 4.69) is 18.9 Å². The first-order chi connectivity index (χ1) is 8.56. The quantitative estimate of drug-likeness (QED) is 0.899. The molecule has 4 nitrogen and oxygen atoms in total. The number of hydrogen-bond donors (Lipinski definition) is 1. The molecular weight excluding hydrogens is 226 g/mol. The van der Waals surface area contributed by atoms with E-state index in [9.17, 15) is 0 Å². The van der Waals surface area contributed by atoms with Gasteiger partial charge in [0.25, 0.3) is 0 Å². The number of ether oxygens (including phenoxy) is 1. The molecule has 0 amide bonds. The van der Waals surface area contributed by atoms with Crippen LogP contribution < -0.4 is 10.5 Å². The number of nitrogens with two attached hydrogens (primary N) is 1. The lowest BCUT2D eigenvalue weighted by Gasteiger charge is -2.07. The van der Waals surface area contributed by atoms with Gasteiger partial charge in [0.1, 0.15) is 5.75 Å². The predicted molar refractivity (Wildman–Crippen MR) is 71.7 cm³/mol. The van der Waals surface area contributed by atoms with Crippen LogP contribution in [0.2, 0.25) is 0 Å². The summed E-state index contributed by atoms with van der Waals surface area (Å²) in [6.45, 7) is 6.12. The smallest absolute Gasteiger partial charge is 0.165 e. The zero-order chi connectivity index (χ0) is 13.1. The Morgan fingerprint density at radius 1 is 1.11 bits per heavy atom. The zero-order valence-electron chi connectivity index (χ0n) is 11.0. The predicted octanol–water partition coefficient (Wildman–Crippen LogP) is 3.28. The lowest BCUT2D eigenvalue weighted by Crippen LogP contribution is -2.04. The monoisotopic (exact) mass is 245 g/mol. The fraction of sp³-hybridized carbons (Fsp3) is 0.357. The Morgan fingerprint density at radius 2 is 1.78 bits per heavy atom. The van der Waals surface area contributed by atoms with Crippen LogP contribution >= 0.6 is 0 Å². The van der Waals surface area contributed by atoms with Crippen LogP contribution in [0.25, 0.3) is 0 Å². The maximum atomic E-state index is 5.80. The zero-order valence-corrected chi connectivity index (χ0v) is 11.0. The molecule has 0 aliphatic carbocycles. The highest BCUT2D eigenvalue weighted by atomic mass is 16.5. The molecule has 0 bridgehead atoms. The van der Waals surface area contributed by atoms with Crippen molar-refractivity contribution in [3.8, 4) is 11.5 Å². The number of nitrogens with zero attached hydrogens (tertiary/aromatic N) is 2. The molecule has 1 heterocycles. The van der Waals surface area contributed by atoms with Crippen LogP contribution in [0.5, 0.6) is 11.5 Å². The summed E-state index contributed by atoms with van der Waals surface area (Å²) in [5.74, 6) is 1.54. The molecule has 0 aliphatic heterocycles. The van der Waals surface area contributed by atoms with E-state index in [1.54, 1.807) is 6.20 Å². The summed E-state index contributed by atoms with van der Waals surface area (Å²) in [6.07, 6.45) is 3.61. The Kier molecular flexibility index (Phi) is 3.67. The van der Waals surface area contributed by atoms with Gasteiger partial charge in [0.2, 0.25) is 0 Å². The molecule has 0 unspecified atom stereocenters. The maximum Gasteiger partial charge on any atom is 0.165 e. The van der Waals surface area contributed by atoms with Gasteiger partial charge in [-0.2, -0.15) is 5.10 Å². The van der Waals surface area contributed by atoms with E-state index < -0.39 is 0 Å². The minimum atomic E-state index is 0.0442. The summed E-state index contributed by atoms with van der Waals surface area (Å²) in [5, 5.41) is 4.23. The van der Waals surface area contributed by atoms with Crippen molar-refractivity contribution in [2.24, 2.45) is 5.73 Å². The van der Waals surface area contributed by atoms with Gasteiger partial charge in [0, 0.05) is 12.1 Å². The molecule has 0 saturated carbocycles. The van der Waals surface area contributed by atoms with Crippen molar-refractivity contribution in [2.75, 3.05) is 0 Å². The first-order valence-corrected chi connectivity index (χ1v) is 6.14. The van der Waals surface area contributed by atoms with Crippen molar-refractivity contribution in [3.05, 3.63) is 42.2 Å². The summed E-state index contributed by atoms with van der Waals surface area (Å²) in [6, 6.07) is 8.18. The molecule has 18 heavy (non-hydrogen) atoms. The summed E-state index contributed by atoms with van der Waals surface area (Å²) >= 11 is 0. The van der Waals surface area contributed by atoms with E-state index in [4.69, 9.17) is 10.5 Å². The number of aromatic nitrogens is 2. The van der Waals surface area contributed by atoms with Gasteiger partial charge in [-0.05, 0) is 38.5 Å². The van der Waals surface area contributed by atoms with Crippen LogP contribution in [0.1, 0.15) is 38.4 Å². The Morgan fingerprint density at radius 3 is 2.28 bits per heavy atom. The van der Waals surface area contributed by atoms with Crippen LogP contribution in [0.4, 0.5) is 0 Å². The van der Waals surface area contributed by atoms with Crippen LogP contribution in [0, 0.1) is 0 Å². The summed E-state index contributed by atoms with van der Waals surface area (Å²) in [4.78, 5) is 0. The lowest BCUT2D eigenvalue weighted by molar-refractivity contribution is 0.477. The minimum absolute atomic E-state index is 0.0442. The standard InChI is InChI=1S/C14H19N3O/c1-10(2)17-9-14(8-16-17)18-13-6-4-12(5-7-13)11(3)15/h4-11H,15H2,1-3H3/t11-/m0/s1. The van der Waals surface area contributed by atoms with Crippen LogP contribution in [0.15, 0.2) is 36.7 Å². The van der Waals surface area contributed by atoms with E-state index in [0.29, 0.717) is 6.04 Å². The molecule has 0 saturated heterocycles. The van der Waals surface area contributed by atoms with E-state index >= 15 is 0 Å². The topological polar surface area (TPSA) is 53.1 Å². The highest BCUT2D eigenvalue weighted by Crippen LogP contribution is 2.23. The molecule has 4 heteroatoms. The van der Waals surface area contributed by atoms with E-state index in [1.807, 2.05) is 42.1 Å². The molecule has 1 aromatic carbocycles. The normalized spacial score (nSPS) is 12.7. The van der Waals surface area contributed by atoms with Crippen LogP contribution in [-0.2, 0) is 0 Å². The Labute approximate surface area is 107 Å². The van der Waals surface area contributed by atoms with Crippen molar-refractivity contribution >= 4 is 0 Å². The molecular formula is C14H19N3O. The second-order valence-electron chi connectivity index (χ2n) is 4.71. The van der Waals surface area contributed by atoms with Gasteiger partial charge >= 0.3 is 0 Å². The highest BCUT2D eigenvalue weighted by Gasteiger charge is 2.04. The van der Waals surface area contributed by atoms with Crippen molar-refractivity contribution in [2.45, 2.75) is 32.9 Å². The van der Waals surface area contributed by atoms with E-state index in [0.717, 1.165) is 17.1 Å². The van der Waals surface area contributed by atoms with Gasteiger partial charge in [-0.15, -0.1) is 0 Å². The SMILES string of the molecule is CC(C)n1cc(Oc2ccc([C@H](C)N)cc2)cn1. The third-order valence-corrected chi connectivity index (χ3v) is 2.75. The lowest BCUT2D eigenvalue weighted by atomic mass is 10.1. The summed E-state index contributed by atoms with van der Waals surface area (Å²) in [7, 11) is 0. The van der Waals surface area contributed by atoms with Gasteiger partial charge in [0.05, 0.1) is 12.4 Å². The molecule has 96 valence electrons. The molecule has 2 N–H and O–H groups in total. The van der Waals surface area contributed by atoms with Crippen molar-refractivity contribution in [1.29, 1.82) is 0 Å². The Balaban J connectivity index is 2.08. The van der Waals surface area contributed by atoms with Gasteiger partial charge in [-0.3, -0.25) is 4.68 Å². The largest absolute Gasteiger partial charge is 0.454 e. The third kappa shape index (κ3) is 2.90. The molecule has 2 rings (SSSR count). The Hall–Kier alpha value is -1.81. The fourth-order valence-corrected chi connectivity index (χ4v) is 1.63. The number of rotatable bonds is 4. The minimum Gasteiger partial charge on any atom is -0.454 e. The van der Waals surface area contributed by atoms with Crippen molar-refractivity contribution < 1.29 is 4.74 Å². The van der Waals surface area contributed by atoms with Gasteiger partial charge in [-0.1, -0.05) is 12.1 Å². The van der Waals surface area contributed by atoms with Gasteiger partial charge in [-0.25, -0.2) is 0 Å². The molecule has 0 spiro atoms. The Bertz CT molecular complexity index is 500. The maximum absolute atomic E-state index is 5.80. The van der Waals surface area contributed by atoms with Crippen LogP contribution in [0.3, 0.4) is 0 Å². The molecule has 1 atom stereocenters. The van der Waals surface area contributed by atoms with Gasteiger partial charge < -0.3 is 10.5 Å².